The Morgan fingerprint density at radius 3 is 2.53 bits per heavy atom. The van der Waals surface area contributed by atoms with Crippen molar-refractivity contribution in [2.24, 2.45) is 5.73 Å². The fourth-order valence-electron chi connectivity index (χ4n) is 1.59. The smallest absolute Gasteiger partial charge is 0.236 e. The zero-order valence-corrected chi connectivity index (χ0v) is 11.8. The van der Waals surface area contributed by atoms with E-state index in [2.05, 4.69) is 5.32 Å². The summed E-state index contributed by atoms with van der Waals surface area (Å²) in [5.41, 5.74) is 6.88. The molecule has 0 aliphatic heterocycles. The average Bonchev–Trinajstić information content (AvgIpc) is 2.35. The molecule has 1 aromatic rings. The molecule has 0 fully saturated rings. The number of amides is 1. The van der Waals surface area contributed by atoms with E-state index < -0.39 is 15.9 Å². The summed E-state index contributed by atoms with van der Waals surface area (Å²) in [4.78, 5) is 11.6. The molecular weight excluding hydrogens is 264 g/mol. The minimum Gasteiger partial charge on any atom is -0.354 e. The largest absolute Gasteiger partial charge is 0.354 e. The Labute approximate surface area is 114 Å². The highest BCUT2D eigenvalue weighted by atomic mass is 32.2. The molecule has 0 radical (unpaired) electrons. The van der Waals surface area contributed by atoms with E-state index in [-0.39, 0.29) is 18.2 Å². The zero-order chi connectivity index (χ0) is 14.3. The molecule has 6 heteroatoms. The molecule has 1 atom stereocenters. The molecule has 19 heavy (non-hydrogen) atoms. The number of sulfone groups is 1. The van der Waals surface area contributed by atoms with Crippen LogP contribution in [0.25, 0.3) is 0 Å². The van der Waals surface area contributed by atoms with Crippen molar-refractivity contribution in [2.75, 3.05) is 18.6 Å². The second-order valence-electron chi connectivity index (χ2n) is 4.55. The summed E-state index contributed by atoms with van der Waals surface area (Å²) in [6, 6.07) is 9.16. The number of hydrogen-bond acceptors (Lipinski definition) is 4. The summed E-state index contributed by atoms with van der Waals surface area (Å²) >= 11 is 0. The SMILES string of the molecule is CS(=O)(=O)CCNC(=O)[C@@H](N)CCc1ccccc1. The Bertz CT molecular complexity index is 500. The molecule has 1 rings (SSSR count). The first kappa shape index (κ1) is 15.7. The van der Waals surface area contributed by atoms with E-state index in [9.17, 15) is 13.2 Å². The standard InChI is InChI=1S/C13H20N2O3S/c1-19(17,18)10-9-15-13(16)12(14)8-7-11-5-3-2-4-6-11/h2-6,12H,7-10,14H2,1H3,(H,15,16)/t12-/m0/s1. The van der Waals surface area contributed by atoms with E-state index in [0.717, 1.165) is 18.2 Å². The molecule has 1 aromatic carbocycles. The van der Waals surface area contributed by atoms with Gasteiger partial charge in [0.15, 0.2) is 0 Å². The lowest BCUT2D eigenvalue weighted by Crippen LogP contribution is -2.42. The normalized spacial score (nSPS) is 12.9. The Morgan fingerprint density at radius 2 is 1.95 bits per heavy atom. The molecule has 0 aromatic heterocycles. The van der Waals surface area contributed by atoms with Gasteiger partial charge in [0.2, 0.25) is 5.91 Å². The lowest BCUT2D eigenvalue weighted by Gasteiger charge is -2.11. The lowest BCUT2D eigenvalue weighted by molar-refractivity contribution is -0.122. The maximum atomic E-state index is 11.6. The minimum atomic E-state index is -3.06. The average molecular weight is 284 g/mol. The van der Waals surface area contributed by atoms with Crippen LogP contribution in [0.2, 0.25) is 0 Å². The third-order valence-corrected chi connectivity index (χ3v) is 3.64. The van der Waals surface area contributed by atoms with Crippen LogP contribution in [0.1, 0.15) is 12.0 Å². The number of nitrogens with two attached hydrogens (primary N) is 1. The van der Waals surface area contributed by atoms with E-state index in [1.165, 1.54) is 0 Å². The van der Waals surface area contributed by atoms with Gasteiger partial charge in [-0.05, 0) is 18.4 Å². The molecule has 0 saturated carbocycles. The number of nitrogens with one attached hydrogen (secondary N) is 1. The van der Waals surface area contributed by atoms with Crippen LogP contribution in [0.4, 0.5) is 0 Å². The molecule has 106 valence electrons. The second kappa shape index (κ2) is 7.25. The molecule has 0 bridgehead atoms. The van der Waals surface area contributed by atoms with Gasteiger partial charge in [-0.1, -0.05) is 30.3 Å². The van der Waals surface area contributed by atoms with Gasteiger partial charge in [0, 0.05) is 12.8 Å². The van der Waals surface area contributed by atoms with Crippen LogP contribution < -0.4 is 11.1 Å². The van der Waals surface area contributed by atoms with Crippen LogP contribution >= 0.6 is 0 Å². The van der Waals surface area contributed by atoms with Crippen LogP contribution in [0.3, 0.4) is 0 Å². The van der Waals surface area contributed by atoms with Crippen molar-refractivity contribution >= 4 is 15.7 Å². The van der Waals surface area contributed by atoms with Gasteiger partial charge in [-0.3, -0.25) is 4.79 Å². The van der Waals surface area contributed by atoms with Crippen LogP contribution in [0.15, 0.2) is 30.3 Å². The van der Waals surface area contributed by atoms with Crippen molar-refractivity contribution in [1.82, 2.24) is 5.32 Å². The third-order valence-electron chi connectivity index (χ3n) is 2.70. The summed E-state index contributed by atoms with van der Waals surface area (Å²) in [5, 5.41) is 2.53. The minimum absolute atomic E-state index is 0.0653. The van der Waals surface area contributed by atoms with Gasteiger partial charge in [-0.2, -0.15) is 0 Å². The third kappa shape index (κ3) is 6.93. The Morgan fingerprint density at radius 1 is 1.32 bits per heavy atom. The zero-order valence-electron chi connectivity index (χ0n) is 11.0. The van der Waals surface area contributed by atoms with Gasteiger partial charge in [-0.15, -0.1) is 0 Å². The van der Waals surface area contributed by atoms with Crippen LogP contribution in [-0.4, -0.2) is 38.9 Å². The number of rotatable bonds is 7. The van der Waals surface area contributed by atoms with E-state index in [4.69, 9.17) is 5.73 Å². The molecule has 0 spiro atoms. The van der Waals surface area contributed by atoms with Gasteiger partial charge >= 0.3 is 0 Å². The van der Waals surface area contributed by atoms with E-state index >= 15 is 0 Å². The molecule has 0 aliphatic carbocycles. The number of hydrogen-bond donors (Lipinski definition) is 2. The monoisotopic (exact) mass is 284 g/mol. The van der Waals surface area contributed by atoms with Gasteiger partial charge in [0.05, 0.1) is 11.8 Å². The van der Waals surface area contributed by atoms with E-state index in [1.807, 2.05) is 30.3 Å². The van der Waals surface area contributed by atoms with Crippen molar-refractivity contribution in [1.29, 1.82) is 0 Å². The number of benzene rings is 1. The fraction of sp³-hybridized carbons (Fsp3) is 0.462. The first-order chi connectivity index (χ1) is 8.88. The summed E-state index contributed by atoms with van der Waals surface area (Å²) in [5.74, 6) is -0.371. The summed E-state index contributed by atoms with van der Waals surface area (Å²) in [6.07, 6.45) is 2.39. The van der Waals surface area contributed by atoms with E-state index in [1.54, 1.807) is 0 Å². The highest BCUT2D eigenvalue weighted by molar-refractivity contribution is 7.90. The molecule has 1 amide bonds. The summed E-state index contributed by atoms with van der Waals surface area (Å²) in [6.45, 7) is 0.108. The van der Waals surface area contributed by atoms with Crippen LogP contribution in [0, 0.1) is 0 Å². The van der Waals surface area contributed by atoms with Crippen molar-refractivity contribution in [3.05, 3.63) is 35.9 Å². The fourth-order valence-corrected chi connectivity index (χ4v) is 2.06. The highest BCUT2D eigenvalue weighted by Crippen LogP contribution is 2.03. The molecule has 0 aliphatic rings. The van der Waals surface area contributed by atoms with Crippen molar-refractivity contribution < 1.29 is 13.2 Å². The van der Waals surface area contributed by atoms with Gasteiger partial charge in [-0.25, -0.2) is 8.42 Å². The molecule has 0 saturated heterocycles. The van der Waals surface area contributed by atoms with E-state index in [0.29, 0.717) is 6.42 Å². The topological polar surface area (TPSA) is 89.3 Å². The Kier molecular flexibility index (Phi) is 5.98. The Balaban J connectivity index is 2.29. The second-order valence-corrected chi connectivity index (χ2v) is 6.81. The summed E-state index contributed by atoms with van der Waals surface area (Å²) < 4.78 is 21.8. The predicted octanol–water partition coefficient (Wildman–Crippen LogP) is 0.107. The summed E-state index contributed by atoms with van der Waals surface area (Å²) in [7, 11) is -3.06. The quantitative estimate of drug-likeness (QED) is 0.743. The van der Waals surface area contributed by atoms with Gasteiger partial charge < -0.3 is 11.1 Å². The van der Waals surface area contributed by atoms with Crippen molar-refractivity contribution in [2.45, 2.75) is 18.9 Å². The molecule has 0 unspecified atom stereocenters. The number of aryl methyl sites for hydroxylation is 1. The number of carbonyl (C=O) groups is 1. The first-order valence-corrected chi connectivity index (χ1v) is 8.19. The lowest BCUT2D eigenvalue weighted by atomic mass is 10.1. The maximum absolute atomic E-state index is 11.6. The van der Waals surface area contributed by atoms with Gasteiger partial charge in [0.25, 0.3) is 0 Å². The van der Waals surface area contributed by atoms with Crippen molar-refractivity contribution in [3.63, 3.8) is 0 Å². The Hall–Kier alpha value is -1.40. The van der Waals surface area contributed by atoms with Crippen LogP contribution in [-0.2, 0) is 21.1 Å². The highest BCUT2D eigenvalue weighted by Gasteiger charge is 2.13. The van der Waals surface area contributed by atoms with Crippen molar-refractivity contribution in [3.8, 4) is 0 Å². The predicted molar refractivity (Wildman–Crippen MR) is 75.5 cm³/mol. The van der Waals surface area contributed by atoms with Crippen LogP contribution in [0.5, 0.6) is 0 Å². The molecular formula is C13H20N2O3S. The van der Waals surface area contributed by atoms with Gasteiger partial charge in [0.1, 0.15) is 9.84 Å². The molecule has 5 nitrogen and oxygen atoms in total. The maximum Gasteiger partial charge on any atom is 0.236 e. The number of carbonyl (C=O) groups excluding carboxylic acids is 1. The first-order valence-electron chi connectivity index (χ1n) is 6.13. The molecule has 3 N–H and O–H groups in total. The molecule has 0 heterocycles.